The Morgan fingerprint density at radius 2 is 1.73 bits per heavy atom. The van der Waals surface area contributed by atoms with Gasteiger partial charge in [0.2, 0.25) is 5.91 Å². The van der Waals surface area contributed by atoms with Crippen molar-refractivity contribution in [3.05, 3.63) is 76.5 Å². The van der Waals surface area contributed by atoms with Crippen LogP contribution >= 0.6 is 11.3 Å². The molecule has 6 heteroatoms. The number of amides is 2. The van der Waals surface area contributed by atoms with Crippen LogP contribution in [0.2, 0.25) is 0 Å². The summed E-state index contributed by atoms with van der Waals surface area (Å²) in [6.07, 6.45) is 0.284. The van der Waals surface area contributed by atoms with Gasteiger partial charge in [0.15, 0.2) is 0 Å². The van der Waals surface area contributed by atoms with E-state index in [1.165, 1.54) is 11.3 Å². The Hall–Kier alpha value is -3.12. The van der Waals surface area contributed by atoms with E-state index in [2.05, 4.69) is 10.6 Å². The predicted molar refractivity (Wildman–Crippen MR) is 104 cm³/mol. The van der Waals surface area contributed by atoms with Gasteiger partial charge >= 0.3 is 0 Å². The summed E-state index contributed by atoms with van der Waals surface area (Å²) in [5.41, 5.74) is 1.54. The van der Waals surface area contributed by atoms with E-state index in [-0.39, 0.29) is 18.2 Å². The molecule has 0 spiro atoms. The zero-order chi connectivity index (χ0) is 18.4. The van der Waals surface area contributed by atoms with Crippen LogP contribution in [0.3, 0.4) is 0 Å². The van der Waals surface area contributed by atoms with Crippen molar-refractivity contribution in [1.29, 1.82) is 0 Å². The van der Waals surface area contributed by atoms with Crippen LogP contribution in [-0.4, -0.2) is 18.9 Å². The van der Waals surface area contributed by atoms with E-state index in [1.807, 2.05) is 17.5 Å². The second-order valence-corrected chi connectivity index (χ2v) is 6.56. The van der Waals surface area contributed by atoms with Gasteiger partial charge < -0.3 is 15.4 Å². The number of rotatable bonds is 6. The van der Waals surface area contributed by atoms with Gasteiger partial charge in [-0.1, -0.05) is 18.2 Å². The number of ether oxygens (including phenoxy) is 1. The molecule has 1 heterocycles. The van der Waals surface area contributed by atoms with Crippen molar-refractivity contribution >= 4 is 34.5 Å². The van der Waals surface area contributed by atoms with Gasteiger partial charge in [0.05, 0.1) is 24.8 Å². The minimum absolute atomic E-state index is 0.155. The molecule has 0 unspecified atom stereocenters. The molecule has 0 aliphatic carbocycles. The highest BCUT2D eigenvalue weighted by molar-refractivity contribution is 7.10. The highest BCUT2D eigenvalue weighted by Gasteiger charge is 2.14. The molecule has 0 saturated carbocycles. The Labute approximate surface area is 155 Å². The number of nitrogens with one attached hydrogen (secondary N) is 2. The van der Waals surface area contributed by atoms with Crippen molar-refractivity contribution < 1.29 is 14.3 Å². The third kappa shape index (κ3) is 4.49. The average molecular weight is 366 g/mol. The first-order valence-corrected chi connectivity index (χ1v) is 8.90. The standard InChI is InChI=1S/C20H18N2O3S/c1-25-15-10-8-14(9-11-15)21-20(24)17-6-2-3-7-18(17)22-19(23)13-16-5-4-12-26-16/h2-12H,13H2,1H3,(H,21,24)(H,22,23). The van der Waals surface area contributed by atoms with Gasteiger partial charge in [-0.25, -0.2) is 0 Å². The second-order valence-electron chi connectivity index (χ2n) is 5.53. The molecule has 0 aliphatic heterocycles. The Morgan fingerprint density at radius 1 is 0.962 bits per heavy atom. The van der Waals surface area contributed by atoms with Crippen molar-refractivity contribution in [3.8, 4) is 5.75 Å². The molecule has 26 heavy (non-hydrogen) atoms. The molecular formula is C20H18N2O3S. The van der Waals surface area contributed by atoms with Gasteiger partial charge in [-0.2, -0.15) is 0 Å². The molecule has 1 aromatic heterocycles. The van der Waals surface area contributed by atoms with Crippen molar-refractivity contribution in [2.75, 3.05) is 17.7 Å². The largest absolute Gasteiger partial charge is 0.497 e. The Morgan fingerprint density at radius 3 is 2.42 bits per heavy atom. The number of hydrogen-bond donors (Lipinski definition) is 2. The van der Waals surface area contributed by atoms with Crippen LogP contribution in [0, 0.1) is 0 Å². The summed E-state index contributed by atoms with van der Waals surface area (Å²) in [5, 5.41) is 7.58. The fourth-order valence-corrected chi connectivity index (χ4v) is 3.13. The number of hydrogen-bond acceptors (Lipinski definition) is 4. The van der Waals surface area contributed by atoms with Crippen LogP contribution in [0.15, 0.2) is 66.0 Å². The zero-order valence-electron chi connectivity index (χ0n) is 14.2. The topological polar surface area (TPSA) is 67.4 Å². The average Bonchev–Trinajstić information content (AvgIpc) is 3.15. The summed E-state index contributed by atoms with van der Waals surface area (Å²) in [4.78, 5) is 25.8. The Kier molecular flexibility index (Phi) is 5.66. The molecule has 3 rings (SSSR count). The molecular weight excluding hydrogens is 348 g/mol. The maximum atomic E-state index is 12.6. The Bertz CT molecular complexity index is 890. The number of carbonyl (C=O) groups is 2. The minimum atomic E-state index is -0.290. The summed E-state index contributed by atoms with van der Waals surface area (Å²) < 4.78 is 5.11. The lowest BCUT2D eigenvalue weighted by Gasteiger charge is -2.11. The summed E-state index contributed by atoms with van der Waals surface area (Å²) in [7, 11) is 1.59. The lowest BCUT2D eigenvalue weighted by Crippen LogP contribution is -2.19. The first-order valence-electron chi connectivity index (χ1n) is 8.02. The quantitative estimate of drug-likeness (QED) is 0.687. The lowest BCUT2D eigenvalue weighted by molar-refractivity contribution is -0.115. The van der Waals surface area contributed by atoms with Crippen molar-refractivity contribution in [1.82, 2.24) is 0 Å². The monoisotopic (exact) mass is 366 g/mol. The van der Waals surface area contributed by atoms with Crippen LogP contribution in [0.25, 0.3) is 0 Å². The summed E-state index contributed by atoms with van der Waals surface area (Å²) >= 11 is 1.53. The number of anilines is 2. The van der Waals surface area contributed by atoms with Crippen LogP contribution in [0.5, 0.6) is 5.75 Å². The highest BCUT2D eigenvalue weighted by atomic mass is 32.1. The smallest absolute Gasteiger partial charge is 0.257 e. The Balaban J connectivity index is 1.71. The van der Waals surface area contributed by atoms with Crippen LogP contribution in [0.1, 0.15) is 15.2 Å². The van der Waals surface area contributed by atoms with E-state index >= 15 is 0 Å². The SMILES string of the molecule is COc1ccc(NC(=O)c2ccccc2NC(=O)Cc2cccs2)cc1. The van der Waals surface area contributed by atoms with Gasteiger partial charge in [-0.3, -0.25) is 9.59 Å². The van der Waals surface area contributed by atoms with Gasteiger partial charge in [0.25, 0.3) is 5.91 Å². The first-order chi connectivity index (χ1) is 12.7. The maximum absolute atomic E-state index is 12.6. The number of carbonyl (C=O) groups excluding carboxylic acids is 2. The van der Waals surface area contributed by atoms with E-state index in [0.717, 1.165) is 4.88 Å². The van der Waals surface area contributed by atoms with E-state index < -0.39 is 0 Å². The lowest BCUT2D eigenvalue weighted by atomic mass is 10.1. The molecule has 0 fully saturated rings. The molecule has 3 aromatic rings. The molecule has 2 aromatic carbocycles. The van der Waals surface area contributed by atoms with Crippen LogP contribution in [-0.2, 0) is 11.2 Å². The molecule has 5 nitrogen and oxygen atoms in total. The molecule has 2 N–H and O–H groups in total. The molecule has 0 atom stereocenters. The molecule has 2 amide bonds. The number of thiophene rings is 1. The predicted octanol–water partition coefficient (Wildman–Crippen LogP) is 4.19. The minimum Gasteiger partial charge on any atom is -0.497 e. The van der Waals surface area contributed by atoms with Crippen molar-refractivity contribution in [3.63, 3.8) is 0 Å². The number of methoxy groups -OCH3 is 1. The molecule has 0 aliphatic rings. The van der Waals surface area contributed by atoms with Gasteiger partial charge in [-0.05, 0) is 47.8 Å². The molecule has 0 radical (unpaired) electrons. The molecule has 0 saturated heterocycles. The fraction of sp³-hybridized carbons (Fsp3) is 0.100. The third-order valence-corrected chi connectivity index (χ3v) is 4.58. The number of benzene rings is 2. The van der Waals surface area contributed by atoms with Crippen LogP contribution < -0.4 is 15.4 Å². The van der Waals surface area contributed by atoms with E-state index in [1.54, 1.807) is 55.6 Å². The first kappa shape index (κ1) is 17.7. The summed E-state index contributed by atoms with van der Waals surface area (Å²) in [6, 6.07) is 17.8. The maximum Gasteiger partial charge on any atom is 0.257 e. The normalized spacial score (nSPS) is 10.2. The van der Waals surface area contributed by atoms with E-state index in [9.17, 15) is 9.59 Å². The van der Waals surface area contributed by atoms with Gasteiger partial charge in [-0.15, -0.1) is 11.3 Å². The van der Waals surface area contributed by atoms with Crippen molar-refractivity contribution in [2.24, 2.45) is 0 Å². The van der Waals surface area contributed by atoms with Crippen LogP contribution in [0.4, 0.5) is 11.4 Å². The van der Waals surface area contributed by atoms with E-state index in [0.29, 0.717) is 22.7 Å². The number of para-hydroxylation sites is 1. The van der Waals surface area contributed by atoms with Gasteiger partial charge in [0.1, 0.15) is 5.75 Å². The molecule has 0 bridgehead atoms. The molecule has 132 valence electrons. The highest BCUT2D eigenvalue weighted by Crippen LogP contribution is 2.20. The second kappa shape index (κ2) is 8.31. The zero-order valence-corrected chi connectivity index (χ0v) is 15.0. The van der Waals surface area contributed by atoms with Gasteiger partial charge in [0, 0.05) is 10.6 Å². The third-order valence-electron chi connectivity index (χ3n) is 3.71. The van der Waals surface area contributed by atoms with E-state index in [4.69, 9.17) is 4.74 Å². The summed E-state index contributed by atoms with van der Waals surface area (Å²) in [6.45, 7) is 0. The van der Waals surface area contributed by atoms with Crippen molar-refractivity contribution in [2.45, 2.75) is 6.42 Å². The summed E-state index contributed by atoms with van der Waals surface area (Å²) in [5.74, 6) is 0.267. The fourth-order valence-electron chi connectivity index (χ4n) is 2.43.